The molecule has 174 valence electrons. The predicted molar refractivity (Wildman–Crippen MR) is 99.8 cm³/mol. The summed E-state index contributed by atoms with van der Waals surface area (Å²) in [6.45, 7) is 3.23. The summed E-state index contributed by atoms with van der Waals surface area (Å²) in [5.74, 6) is -2.06. The summed E-state index contributed by atoms with van der Waals surface area (Å²) >= 11 is 1.16. The van der Waals surface area contributed by atoms with Gasteiger partial charge in [-0.2, -0.15) is 26.5 Å². The van der Waals surface area contributed by atoms with E-state index in [0.29, 0.717) is 0 Å². The molecule has 1 aromatic heterocycles. The molecule has 0 spiro atoms. The van der Waals surface area contributed by atoms with Crippen LogP contribution < -0.4 is 0 Å². The number of esters is 1. The molecule has 2 atom stereocenters. The Kier molecular flexibility index (Phi) is 8.05. The van der Waals surface area contributed by atoms with Gasteiger partial charge in [-0.1, -0.05) is 6.92 Å². The fourth-order valence-electron chi connectivity index (χ4n) is 3.00. The van der Waals surface area contributed by atoms with Crippen molar-refractivity contribution in [3.05, 3.63) is 28.4 Å². The second kappa shape index (κ2) is 9.96. The molecule has 31 heavy (non-hydrogen) atoms. The molecule has 14 heteroatoms. The Balaban J connectivity index is 2.21. The summed E-state index contributed by atoms with van der Waals surface area (Å²) in [6.07, 6.45) is -0.495. The smallest absolute Gasteiger partial charge is 0.465 e. The van der Waals surface area contributed by atoms with E-state index in [1.54, 1.807) is 13.8 Å². The number of aromatic nitrogens is 1. The van der Waals surface area contributed by atoms with Crippen molar-refractivity contribution in [2.45, 2.75) is 51.1 Å². The van der Waals surface area contributed by atoms with Crippen LogP contribution >= 0.6 is 11.3 Å². The zero-order valence-corrected chi connectivity index (χ0v) is 18.1. The molecular formula is C17H20F3NO8S2. The van der Waals surface area contributed by atoms with Gasteiger partial charge < -0.3 is 8.92 Å². The summed E-state index contributed by atoms with van der Waals surface area (Å²) in [5.41, 5.74) is -5.59. The number of alkyl halides is 3. The van der Waals surface area contributed by atoms with Crippen LogP contribution in [0, 0.1) is 5.41 Å². The van der Waals surface area contributed by atoms with Crippen LogP contribution in [0.2, 0.25) is 0 Å². The van der Waals surface area contributed by atoms with Crippen LogP contribution in [0.15, 0.2) is 22.7 Å². The highest BCUT2D eigenvalue weighted by Crippen LogP contribution is 2.43. The van der Waals surface area contributed by atoms with Crippen LogP contribution in [0.3, 0.4) is 0 Å². The zero-order valence-electron chi connectivity index (χ0n) is 16.5. The van der Waals surface area contributed by atoms with Gasteiger partial charge in [-0.25, -0.2) is 9.78 Å². The molecule has 2 rings (SSSR count). The highest BCUT2D eigenvalue weighted by atomic mass is 32.2. The number of thiazole rings is 1. The van der Waals surface area contributed by atoms with Gasteiger partial charge >= 0.3 is 27.6 Å². The average molecular weight is 487 g/mol. The molecule has 2 unspecified atom stereocenters. The fraction of sp³-hybridized carbons (Fsp3) is 0.588. The van der Waals surface area contributed by atoms with Gasteiger partial charge in [0, 0.05) is 11.8 Å². The Labute approximate surface area is 180 Å². The van der Waals surface area contributed by atoms with Crippen molar-refractivity contribution < 1.29 is 49.9 Å². The van der Waals surface area contributed by atoms with Gasteiger partial charge in [0.25, 0.3) is 0 Å². The highest BCUT2D eigenvalue weighted by molar-refractivity contribution is 7.87. The first-order valence-electron chi connectivity index (χ1n) is 9.09. The third-order valence-electron chi connectivity index (χ3n) is 4.56. The lowest BCUT2D eigenvalue weighted by Gasteiger charge is -2.38. The number of carbonyl (C=O) groups is 2. The monoisotopic (exact) mass is 487 g/mol. The van der Waals surface area contributed by atoms with E-state index in [0.717, 1.165) is 17.4 Å². The van der Waals surface area contributed by atoms with Gasteiger partial charge in [0.05, 0.1) is 12.1 Å². The first kappa shape index (κ1) is 25.1. The van der Waals surface area contributed by atoms with E-state index in [1.165, 1.54) is 10.9 Å². The minimum atomic E-state index is -5.83. The topological polar surface area (TPSA) is 118 Å². The van der Waals surface area contributed by atoms with Gasteiger partial charge in [0.1, 0.15) is 17.3 Å². The Morgan fingerprint density at radius 1 is 1.32 bits per heavy atom. The van der Waals surface area contributed by atoms with Crippen LogP contribution in [0.5, 0.6) is 0 Å². The van der Waals surface area contributed by atoms with E-state index in [2.05, 4.69) is 9.17 Å². The van der Waals surface area contributed by atoms with Gasteiger partial charge in [-0.15, -0.1) is 11.3 Å². The maximum atomic E-state index is 12.7. The largest absolute Gasteiger partial charge is 0.534 e. The number of ether oxygens (including phenoxy) is 1. The van der Waals surface area contributed by atoms with Crippen molar-refractivity contribution in [1.82, 2.24) is 4.98 Å². The summed E-state index contributed by atoms with van der Waals surface area (Å²) in [6, 6.07) is 0. The van der Waals surface area contributed by atoms with Gasteiger partial charge in [0.2, 0.25) is 0 Å². The maximum absolute atomic E-state index is 12.7. The van der Waals surface area contributed by atoms with Crippen LogP contribution in [0.1, 0.15) is 50.0 Å². The predicted octanol–water partition coefficient (Wildman–Crippen LogP) is 3.49. The number of allylic oxidation sites excluding steroid dienone is 2. The molecule has 0 N–H and O–H groups in total. The lowest BCUT2D eigenvalue weighted by molar-refractivity contribution is -0.300. The van der Waals surface area contributed by atoms with Crippen molar-refractivity contribution >= 4 is 33.4 Å². The molecule has 0 saturated carbocycles. The van der Waals surface area contributed by atoms with Crippen LogP contribution in [-0.2, 0) is 33.6 Å². The zero-order chi connectivity index (χ0) is 23.3. The quantitative estimate of drug-likeness (QED) is 0.170. The fourth-order valence-corrected chi connectivity index (χ4v) is 4.05. The van der Waals surface area contributed by atoms with Crippen LogP contribution in [0.25, 0.3) is 0 Å². The summed E-state index contributed by atoms with van der Waals surface area (Å²) in [4.78, 5) is 38.5. The molecule has 0 fully saturated rings. The van der Waals surface area contributed by atoms with E-state index < -0.39 is 44.8 Å². The SMILES string of the molecule is CCOC(=O)C1(C(CC)OOC(=O)c2cscn2)CC=C(OS(=O)(=O)C(F)(F)F)CC1. The minimum absolute atomic E-state index is 0.00150. The van der Waals surface area contributed by atoms with E-state index in [1.807, 2.05) is 0 Å². The normalized spacial score (nSPS) is 20.5. The third kappa shape index (κ3) is 5.74. The number of carbonyl (C=O) groups excluding carboxylic acids is 2. The summed E-state index contributed by atoms with van der Waals surface area (Å²) in [7, 11) is -5.83. The first-order chi connectivity index (χ1) is 14.5. The molecule has 1 aliphatic carbocycles. The molecule has 1 heterocycles. The number of nitrogens with zero attached hydrogens (tertiary/aromatic N) is 1. The molecule has 9 nitrogen and oxygen atoms in total. The van der Waals surface area contributed by atoms with Crippen LogP contribution in [-0.4, -0.2) is 43.6 Å². The van der Waals surface area contributed by atoms with Gasteiger partial charge in [-0.05, 0) is 32.3 Å². The van der Waals surface area contributed by atoms with Crippen molar-refractivity contribution in [2.24, 2.45) is 5.41 Å². The Bertz CT molecular complexity index is 914. The van der Waals surface area contributed by atoms with Crippen molar-refractivity contribution in [1.29, 1.82) is 0 Å². The van der Waals surface area contributed by atoms with E-state index >= 15 is 0 Å². The molecule has 0 aromatic carbocycles. The number of hydrogen-bond acceptors (Lipinski definition) is 10. The number of hydrogen-bond donors (Lipinski definition) is 0. The first-order valence-corrected chi connectivity index (χ1v) is 11.4. The van der Waals surface area contributed by atoms with Gasteiger partial charge in [-0.3, -0.25) is 9.68 Å². The number of halogens is 3. The third-order valence-corrected chi connectivity index (χ3v) is 6.15. The second-order valence-electron chi connectivity index (χ2n) is 6.47. The lowest BCUT2D eigenvalue weighted by atomic mass is 9.71. The molecule has 1 aliphatic rings. The molecule has 1 aromatic rings. The van der Waals surface area contributed by atoms with Crippen molar-refractivity contribution in [2.75, 3.05) is 6.61 Å². The van der Waals surface area contributed by atoms with Crippen molar-refractivity contribution in [3.63, 3.8) is 0 Å². The van der Waals surface area contributed by atoms with Crippen molar-refractivity contribution in [3.8, 4) is 0 Å². The summed E-state index contributed by atoms with van der Waals surface area (Å²) < 4.78 is 69.4. The van der Waals surface area contributed by atoms with E-state index in [4.69, 9.17) is 14.5 Å². The molecular weight excluding hydrogens is 467 g/mol. The maximum Gasteiger partial charge on any atom is 0.534 e. The highest BCUT2D eigenvalue weighted by Gasteiger charge is 2.52. The molecule has 0 radical (unpaired) electrons. The Hall–Kier alpha value is -2.19. The average Bonchev–Trinajstić information content (AvgIpc) is 3.23. The molecule has 0 amide bonds. The molecule has 0 aliphatic heterocycles. The lowest BCUT2D eigenvalue weighted by Crippen LogP contribution is -2.46. The Morgan fingerprint density at radius 2 is 2.03 bits per heavy atom. The Morgan fingerprint density at radius 3 is 2.52 bits per heavy atom. The standard InChI is InChI=1S/C17H20F3NO8S2/c1-3-13(27-28-14(22)12-9-30-10-21-12)16(15(23)26-4-2)7-5-11(6-8-16)29-31(24,25)17(18,19)20/h5,9-10,13H,3-4,6-8H2,1-2H3. The minimum Gasteiger partial charge on any atom is -0.465 e. The van der Waals surface area contributed by atoms with E-state index in [9.17, 15) is 31.2 Å². The summed E-state index contributed by atoms with van der Waals surface area (Å²) in [5, 5.41) is 1.43. The second-order valence-corrected chi connectivity index (χ2v) is 8.73. The van der Waals surface area contributed by atoms with Gasteiger partial charge in [0.15, 0.2) is 5.69 Å². The van der Waals surface area contributed by atoms with E-state index in [-0.39, 0.29) is 38.0 Å². The van der Waals surface area contributed by atoms with Crippen LogP contribution in [0.4, 0.5) is 13.2 Å². The molecule has 0 saturated heterocycles. The molecule has 0 bridgehead atoms. The number of rotatable bonds is 9.